The largest absolute Gasteiger partial charge is 0.496 e. The van der Waals surface area contributed by atoms with Crippen molar-refractivity contribution in [3.8, 4) is 5.75 Å². The summed E-state index contributed by atoms with van der Waals surface area (Å²) < 4.78 is 31.9. The number of sulfonamides is 1. The van der Waals surface area contributed by atoms with Crippen LogP contribution in [0.2, 0.25) is 0 Å². The SMILES string of the molecule is CCCS(=O)(=O)NCCn1c(C)cc(OC)cc1=O. The number of rotatable bonds is 7. The van der Waals surface area contributed by atoms with E-state index < -0.39 is 10.0 Å². The Morgan fingerprint density at radius 3 is 2.58 bits per heavy atom. The van der Waals surface area contributed by atoms with Crippen molar-refractivity contribution in [1.29, 1.82) is 0 Å². The van der Waals surface area contributed by atoms with Crippen LogP contribution in [0.5, 0.6) is 5.75 Å². The highest BCUT2D eigenvalue weighted by atomic mass is 32.2. The Morgan fingerprint density at radius 2 is 2.05 bits per heavy atom. The molecule has 0 amide bonds. The van der Waals surface area contributed by atoms with Crippen LogP contribution in [0.1, 0.15) is 19.0 Å². The Labute approximate surface area is 113 Å². The zero-order valence-electron chi connectivity index (χ0n) is 11.5. The standard InChI is InChI=1S/C12H20N2O4S/c1-4-7-19(16,17)13-5-6-14-10(2)8-11(18-3)9-12(14)15/h8-9,13H,4-7H2,1-3H3. The first-order chi connectivity index (χ1) is 8.89. The minimum Gasteiger partial charge on any atom is -0.496 e. The number of hydrogen-bond donors (Lipinski definition) is 1. The highest BCUT2D eigenvalue weighted by Crippen LogP contribution is 2.08. The molecular weight excluding hydrogens is 268 g/mol. The first-order valence-electron chi connectivity index (χ1n) is 6.12. The molecule has 1 aromatic rings. The number of nitrogens with zero attached hydrogens (tertiary/aromatic N) is 1. The molecular formula is C12H20N2O4S. The molecule has 1 aromatic heterocycles. The summed E-state index contributed by atoms with van der Waals surface area (Å²) in [5, 5.41) is 0. The van der Waals surface area contributed by atoms with E-state index in [2.05, 4.69) is 4.72 Å². The van der Waals surface area contributed by atoms with Crippen LogP contribution in [0.15, 0.2) is 16.9 Å². The third-order valence-corrected chi connectivity index (χ3v) is 4.26. The summed E-state index contributed by atoms with van der Waals surface area (Å²) in [5.41, 5.74) is 0.533. The number of methoxy groups -OCH3 is 1. The van der Waals surface area contributed by atoms with Crippen molar-refractivity contribution < 1.29 is 13.2 Å². The minimum absolute atomic E-state index is 0.101. The van der Waals surface area contributed by atoms with Crippen LogP contribution in [-0.2, 0) is 16.6 Å². The smallest absolute Gasteiger partial charge is 0.254 e. The van der Waals surface area contributed by atoms with E-state index in [-0.39, 0.29) is 17.9 Å². The average molecular weight is 288 g/mol. The van der Waals surface area contributed by atoms with E-state index in [0.29, 0.717) is 18.7 Å². The molecule has 0 spiro atoms. The van der Waals surface area contributed by atoms with Crippen molar-refractivity contribution >= 4 is 10.0 Å². The number of nitrogens with one attached hydrogen (secondary N) is 1. The third kappa shape index (κ3) is 4.68. The molecule has 0 aliphatic heterocycles. The van der Waals surface area contributed by atoms with E-state index in [1.54, 1.807) is 19.9 Å². The third-order valence-electron chi connectivity index (χ3n) is 2.67. The Bertz CT molecular complexity index is 578. The van der Waals surface area contributed by atoms with Gasteiger partial charge < -0.3 is 9.30 Å². The van der Waals surface area contributed by atoms with Crippen molar-refractivity contribution in [2.75, 3.05) is 19.4 Å². The zero-order chi connectivity index (χ0) is 14.5. The summed E-state index contributed by atoms with van der Waals surface area (Å²) in [6.45, 7) is 4.09. The predicted octanol–water partition coefficient (Wildman–Crippen LogP) is 0.495. The van der Waals surface area contributed by atoms with E-state index in [4.69, 9.17) is 4.74 Å². The monoisotopic (exact) mass is 288 g/mol. The molecule has 6 nitrogen and oxygen atoms in total. The molecule has 19 heavy (non-hydrogen) atoms. The van der Waals surface area contributed by atoms with Gasteiger partial charge >= 0.3 is 0 Å². The van der Waals surface area contributed by atoms with Gasteiger partial charge in [0, 0.05) is 24.8 Å². The molecule has 1 N–H and O–H groups in total. The normalized spacial score (nSPS) is 11.5. The molecule has 0 fully saturated rings. The van der Waals surface area contributed by atoms with Gasteiger partial charge in [-0.05, 0) is 19.4 Å². The Hall–Kier alpha value is -1.34. The van der Waals surface area contributed by atoms with Gasteiger partial charge in [0.25, 0.3) is 5.56 Å². The van der Waals surface area contributed by atoms with Gasteiger partial charge in [0.15, 0.2) is 0 Å². The van der Waals surface area contributed by atoms with Crippen LogP contribution in [0, 0.1) is 6.92 Å². The van der Waals surface area contributed by atoms with Gasteiger partial charge in [-0.2, -0.15) is 0 Å². The van der Waals surface area contributed by atoms with Crippen LogP contribution in [0.3, 0.4) is 0 Å². The quantitative estimate of drug-likeness (QED) is 0.792. The lowest BCUT2D eigenvalue weighted by atomic mass is 10.3. The summed E-state index contributed by atoms with van der Waals surface area (Å²) in [6.07, 6.45) is 0.566. The van der Waals surface area contributed by atoms with Crippen molar-refractivity contribution in [1.82, 2.24) is 9.29 Å². The van der Waals surface area contributed by atoms with Crippen LogP contribution in [-0.4, -0.2) is 32.4 Å². The minimum atomic E-state index is -3.23. The zero-order valence-corrected chi connectivity index (χ0v) is 12.3. The van der Waals surface area contributed by atoms with E-state index in [1.165, 1.54) is 17.7 Å². The molecule has 7 heteroatoms. The molecule has 0 bridgehead atoms. The Kier molecular flexibility index (Phi) is 5.56. The van der Waals surface area contributed by atoms with Crippen LogP contribution < -0.4 is 15.0 Å². The lowest BCUT2D eigenvalue weighted by Crippen LogP contribution is -2.32. The fourth-order valence-electron chi connectivity index (χ4n) is 1.76. The van der Waals surface area contributed by atoms with Crippen LogP contribution in [0.4, 0.5) is 0 Å². The van der Waals surface area contributed by atoms with Gasteiger partial charge in [0.05, 0.1) is 12.9 Å². The predicted molar refractivity (Wildman–Crippen MR) is 74.1 cm³/mol. The second-order valence-corrected chi connectivity index (χ2v) is 6.17. The summed E-state index contributed by atoms with van der Waals surface area (Å²) in [4.78, 5) is 11.8. The molecule has 0 aromatic carbocycles. The molecule has 1 rings (SSSR count). The van der Waals surface area contributed by atoms with Crippen LogP contribution in [0.25, 0.3) is 0 Å². The highest BCUT2D eigenvalue weighted by molar-refractivity contribution is 7.89. The molecule has 0 saturated heterocycles. The van der Waals surface area contributed by atoms with Crippen molar-refractivity contribution in [3.63, 3.8) is 0 Å². The van der Waals surface area contributed by atoms with Crippen molar-refractivity contribution in [2.45, 2.75) is 26.8 Å². The molecule has 0 atom stereocenters. The molecule has 1 heterocycles. The first kappa shape index (κ1) is 15.7. The van der Waals surface area contributed by atoms with Gasteiger partial charge in [-0.25, -0.2) is 13.1 Å². The molecule has 0 aliphatic rings. The lowest BCUT2D eigenvalue weighted by molar-refractivity contribution is 0.411. The summed E-state index contributed by atoms with van der Waals surface area (Å²) >= 11 is 0. The highest BCUT2D eigenvalue weighted by Gasteiger charge is 2.09. The Morgan fingerprint density at radius 1 is 1.37 bits per heavy atom. The maximum Gasteiger partial charge on any atom is 0.254 e. The Balaban J connectivity index is 2.72. The van der Waals surface area contributed by atoms with E-state index >= 15 is 0 Å². The summed E-state index contributed by atoms with van der Waals surface area (Å²) in [6, 6.07) is 3.12. The van der Waals surface area contributed by atoms with Gasteiger partial charge in [0.1, 0.15) is 5.75 Å². The fourth-order valence-corrected chi connectivity index (χ4v) is 2.84. The average Bonchev–Trinajstić information content (AvgIpc) is 2.32. The summed E-state index contributed by atoms with van der Waals surface area (Å²) in [7, 11) is -1.73. The molecule has 0 aliphatic carbocycles. The van der Waals surface area contributed by atoms with Crippen molar-refractivity contribution in [2.24, 2.45) is 0 Å². The molecule has 0 unspecified atom stereocenters. The maximum atomic E-state index is 11.8. The number of aryl methyl sites for hydroxylation is 1. The topological polar surface area (TPSA) is 77.4 Å². The lowest BCUT2D eigenvalue weighted by Gasteiger charge is -2.12. The number of aromatic nitrogens is 1. The van der Waals surface area contributed by atoms with E-state index in [1.807, 2.05) is 0 Å². The second kappa shape index (κ2) is 6.72. The van der Waals surface area contributed by atoms with Gasteiger partial charge in [0.2, 0.25) is 10.0 Å². The van der Waals surface area contributed by atoms with Gasteiger partial charge in [-0.1, -0.05) is 6.92 Å². The van der Waals surface area contributed by atoms with Crippen LogP contribution >= 0.6 is 0 Å². The number of pyridine rings is 1. The molecule has 108 valence electrons. The number of ether oxygens (including phenoxy) is 1. The second-order valence-electron chi connectivity index (χ2n) is 4.24. The molecule has 0 radical (unpaired) electrons. The molecule has 0 saturated carbocycles. The first-order valence-corrected chi connectivity index (χ1v) is 7.77. The van der Waals surface area contributed by atoms with Crippen molar-refractivity contribution in [3.05, 3.63) is 28.2 Å². The summed E-state index contributed by atoms with van der Waals surface area (Å²) in [5.74, 6) is 0.606. The van der Waals surface area contributed by atoms with Gasteiger partial charge in [-0.15, -0.1) is 0 Å². The van der Waals surface area contributed by atoms with E-state index in [9.17, 15) is 13.2 Å². The van der Waals surface area contributed by atoms with Gasteiger partial charge in [-0.3, -0.25) is 4.79 Å². The number of hydrogen-bond acceptors (Lipinski definition) is 4. The maximum absolute atomic E-state index is 11.8. The fraction of sp³-hybridized carbons (Fsp3) is 0.583. The van der Waals surface area contributed by atoms with E-state index in [0.717, 1.165) is 5.69 Å².